The molecule has 0 fully saturated rings. The van der Waals surface area contributed by atoms with E-state index >= 15 is 0 Å². The van der Waals surface area contributed by atoms with Crippen LogP contribution in [0.4, 0.5) is 13.2 Å². The van der Waals surface area contributed by atoms with Gasteiger partial charge in [-0.1, -0.05) is 6.58 Å². The van der Waals surface area contributed by atoms with E-state index in [0.29, 0.717) is 6.08 Å². The molecule has 0 aromatic carbocycles. The van der Waals surface area contributed by atoms with Crippen molar-refractivity contribution in [3.8, 4) is 0 Å². The lowest BCUT2D eigenvalue weighted by molar-refractivity contribution is -0.212. The van der Waals surface area contributed by atoms with Crippen molar-refractivity contribution in [3.05, 3.63) is 12.7 Å². The van der Waals surface area contributed by atoms with E-state index in [0.717, 1.165) is 0 Å². The van der Waals surface area contributed by atoms with Gasteiger partial charge >= 0.3 is 12.1 Å². The van der Waals surface area contributed by atoms with Gasteiger partial charge in [0.15, 0.2) is 0 Å². The zero-order chi connectivity index (χ0) is 12.3. The monoisotopic (exact) mass is 248 g/mol. The summed E-state index contributed by atoms with van der Waals surface area (Å²) in [6.45, 7) is 2.84. The molecule has 0 aromatic rings. The lowest BCUT2D eigenvalue weighted by Crippen LogP contribution is -2.39. The van der Waals surface area contributed by atoms with Crippen LogP contribution < -0.4 is 0 Å². The second-order valence-electron chi connectivity index (χ2n) is 2.42. The largest absolute Gasteiger partial charge is 0.448 e. The number of carbonyl (C=O) groups excluding carboxylic acids is 1. The molecule has 0 saturated carbocycles. The van der Waals surface area contributed by atoms with E-state index in [1.165, 1.54) is 0 Å². The Bertz CT molecular complexity index is 344. The van der Waals surface area contributed by atoms with Crippen LogP contribution in [0.1, 0.15) is 0 Å². The van der Waals surface area contributed by atoms with Crippen molar-refractivity contribution in [1.82, 2.24) is 0 Å². The van der Waals surface area contributed by atoms with Gasteiger partial charge in [0.25, 0.3) is 10.1 Å². The van der Waals surface area contributed by atoms with E-state index in [1.54, 1.807) is 0 Å². The van der Waals surface area contributed by atoms with Gasteiger partial charge in [0.2, 0.25) is 6.10 Å². The van der Waals surface area contributed by atoms with Crippen molar-refractivity contribution in [1.29, 1.82) is 0 Å². The Morgan fingerprint density at radius 1 is 1.53 bits per heavy atom. The molecule has 5 nitrogen and oxygen atoms in total. The van der Waals surface area contributed by atoms with Crippen LogP contribution >= 0.6 is 0 Å². The van der Waals surface area contributed by atoms with Crippen LogP contribution in [0.25, 0.3) is 0 Å². The van der Waals surface area contributed by atoms with E-state index in [4.69, 9.17) is 4.55 Å². The number of hydrogen-bond donors (Lipinski definition) is 1. The third kappa shape index (κ3) is 6.07. The zero-order valence-electron chi connectivity index (χ0n) is 7.19. The van der Waals surface area contributed by atoms with Gasteiger partial charge in [-0.05, 0) is 0 Å². The minimum atomic E-state index is -5.07. The molecule has 0 spiro atoms. The predicted molar refractivity (Wildman–Crippen MR) is 42.5 cm³/mol. The predicted octanol–water partition coefficient (Wildman–Crippen LogP) is 0.534. The first-order chi connectivity index (χ1) is 6.56. The van der Waals surface area contributed by atoms with E-state index in [2.05, 4.69) is 11.3 Å². The summed E-state index contributed by atoms with van der Waals surface area (Å²) in [5.74, 6) is -3.17. The highest BCUT2D eigenvalue weighted by Crippen LogP contribution is 2.24. The summed E-state index contributed by atoms with van der Waals surface area (Å²) >= 11 is 0. The maximum Gasteiger partial charge on any atom is 0.426 e. The molecule has 0 aromatic heterocycles. The van der Waals surface area contributed by atoms with E-state index in [1.807, 2.05) is 0 Å². The third-order valence-corrected chi connectivity index (χ3v) is 1.88. The van der Waals surface area contributed by atoms with Gasteiger partial charge in [0.1, 0.15) is 5.75 Å². The zero-order valence-corrected chi connectivity index (χ0v) is 8.01. The number of halogens is 3. The lowest BCUT2D eigenvalue weighted by Gasteiger charge is -2.18. The second kappa shape index (κ2) is 4.62. The average molecular weight is 248 g/mol. The molecular formula is C6H7F3O5S. The molecule has 0 radical (unpaired) electrons. The molecule has 0 amide bonds. The summed E-state index contributed by atoms with van der Waals surface area (Å²) in [6.07, 6.45) is -7.53. The fourth-order valence-corrected chi connectivity index (χ4v) is 1.21. The highest BCUT2D eigenvalue weighted by Gasteiger charge is 2.45. The van der Waals surface area contributed by atoms with Crippen LogP contribution in [0.15, 0.2) is 12.7 Å². The lowest BCUT2D eigenvalue weighted by atomic mass is 10.4. The Morgan fingerprint density at radius 3 is 2.27 bits per heavy atom. The quantitative estimate of drug-likeness (QED) is 0.446. The first-order valence-corrected chi connectivity index (χ1v) is 5.02. The molecule has 1 unspecified atom stereocenters. The first kappa shape index (κ1) is 13.9. The Morgan fingerprint density at radius 2 is 2.00 bits per heavy atom. The fourth-order valence-electron chi connectivity index (χ4n) is 0.575. The molecule has 0 aliphatic carbocycles. The van der Waals surface area contributed by atoms with Crippen molar-refractivity contribution in [3.63, 3.8) is 0 Å². The molecule has 9 heteroatoms. The van der Waals surface area contributed by atoms with Crippen molar-refractivity contribution in [2.24, 2.45) is 0 Å². The topological polar surface area (TPSA) is 80.7 Å². The van der Waals surface area contributed by atoms with Crippen molar-refractivity contribution in [2.45, 2.75) is 12.3 Å². The number of alkyl halides is 3. The highest BCUT2D eigenvalue weighted by molar-refractivity contribution is 7.85. The number of ether oxygens (including phenoxy) is 1. The van der Waals surface area contributed by atoms with Crippen LogP contribution in [-0.4, -0.2) is 37.0 Å². The smallest absolute Gasteiger partial charge is 0.426 e. The summed E-state index contributed by atoms with van der Waals surface area (Å²) in [5.41, 5.74) is 0. The number of esters is 1. The van der Waals surface area contributed by atoms with Crippen molar-refractivity contribution in [2.75, 3.05) is 5.75 Å². The van der Waals surface area contributed by atoms with Gasteiger partial charge in [-0.3, -0.25) is 4.55 Å². The molecule has 0 heterocycles. The van der Waals surface area contributed by atoms with E-state index in [-0.39, 0.29) is 0 Å². The minimum absolute atomic E-state index is 0.447. The molecule has 0 rings (SSSR count). The van der Waals surface area contributed by atoms with E-state index < -0.39 is 34.1 Å². The van der Waals surface area contributed by atoms with Gasteiger partial charge in [-0.2, -0.15) is 21.6 Å². The molecule has 1 N–H and O–H groups in total. The molecule has 0 aliphatic rings. The van der Waals surface area contributed by atoms with Gasteiger partial charge in [0.05, 0.1) is 0 Å². The van der Waals surface area contributed by atoms with Crippen LogP contribution in [0, 0.1) is 0 Å². The van der Waals surface area contributed by atoms with E-state index in [9.17, 15) is 26.4 Å². The maximum absolute atomic E-state index is 12.1. The van der Waals surface area contributed by atoms with Crippen molar-refractivity contribution < 1.29 is 35.7 Å². The summed E-state index contributed by atoms with van der Waals surface area (Å²) in [5, 5.41) is 0. The Balaban J connectivity index is 4.76. The highest BCUT2D eigenvalue weighted by atomic mass is 32.2. The summed E-state index contributed by atoms with van der Waals surface area (Å²) in [6, 6.07) is 0. The molecule has 88 valence electrons. The van der Waals surface area contributed by atoms with Crippen LogP contribution in [0.5, 0.6) is 0 Å². The summed E-state index contributed by atoms with van der Waals surface area (Å²) in [4.78, 5) is 10.4. The van der Waals surface area contributed by atoms with Crippen LogP contribution in [-0.2, 0) is 19.6 Å². The SMILES string of the molecule is C=CC(=O)OC(CS(=O)(=O)O)C(F)(F)F. The van der Waals surface area contributed by atoms with Gasteiger partial charge in [-0.15, -0.1) is 0 Å². The molecule has 15 heavy (non-hydrogen) atoms. The number of hydrogen-bond acceptors (Lipinski definition) is 4. The standard InChI is InChI=1S/C6H7F3O5S/c1-2-5(10)14-4(6(7,8)9)3-15(11,12)13/h2,4H,1,3H2,(H,11,12,13). The Labute approximate surface area is 83.3 Å². The maximum atomic E-state index is 12.1. The minimum Gasteiger partial charge on any atom is -0.448 e. The molecular weight excluding hydrogens is 241 g/mol. The second-order valence-corrected chi connectivity index (χ2v) is 3.92. The van der Waals surface area contributed by atoms with Gasteiger partial charge < -0.3 is 4.74 Å². The third-order valence-electron chi connectivity index (χ3n) is 1.15. The number of carbonyl (C=O) groups is 1. The fraction of sp³-hybridized carbons (Fsp3) is 0.500. The first-order valence-electron chi connectivity index (χ1n) is 3.41. The molecule has 1 atom stereocenters. The number of rotatable bonds is 4. The molecule has 0 aliphatic heterocycles. The van der Waals surface area contributed by atoms with Crippen LogP contribution in [0.2, 0.25) is 0 Å². The van der Waals surface area contributed by atoms with Crippen molar-refractivity contribution >= 4 is 16.1 Å². The van der Waals surface area contributed by atoms with Crippen LogP contribution in [0.3, 0.4) is 0 Å². The average Bonchev–Trinajstić information content (AvgIpc) is 1.98. The summed E-state index contributed by atoms with van der Waals surface area (Å²) < 4.78 is 68.5. The van der Waals surface area contributed by atoms with Gasteiger partial charge in [0, 0.05) is 6.08 Å². The Kier molecular flexibility index (Phi) is 4.28. The summed E-state index contributed by atoms with van der Waals surface area (Å²) in [7, 11) is -4.89. The Hall–Kier alpha value is -1.09. The molecule has 0 bridgehead atoms. The normalized spacial score (nSPS) is 14.4. The molecule has 0 saturated heterocycles. The van der Waals surface area contributed by atoms with Gasteiger partial charge in [-0.25, -0.2) is 4.79 Å².